The summed E-state index contributed by atoms with van der Waals surface area (Å²) in [4.78, 5) is 30.9. The number of hydrogen-bond donors (Lipinski definition) is 0. The molecular formula is C23H29N3O2. The number of anilines is 1. The molecule has 0 saturated carbocycles. The first-order valence-corrected chi connectivity index (χ1v) is 9.84. The summed E-state index contributed by atoms with van der Waals surface area (Å²) < 4.78 is 0. The Hall–Kier alpha value is -2.82. The van der Waals surface area contributed by atoms with Gasteiger partial charge in [0.1, 0.15) is 0 Å². The zero-order valence-corrected chi connectivity index (χ0v) is 17.0. The van der Waals surface area contributed by atoms with Crippen LogP contribution in [0.25, 0.3) is 0 Å². The second-order valence-electron chi connectivity index (χ2n) is 7.60. The zero-order valence-electron chi connectivity index (χ0n) is 17.0. The molecule has 0 bridgehead atoms. The van der Waals surface area contributed by atoms with Crippen molar-refractivity contribution < 1.29 is 9.59 Å². The Kier molecular flexibility index (Phi) is 6.34. The third kappa shape index (κ3) is 4.91. The Morgan fingerprint density at radius 1 is 0.857 bits per heavy atom. The lowest BCUT2D eigenvalue weighted by atomic mass is 10.1. The van der Waals surface area contributed by atoms with E-state index in [1.54, 1.807) is 0 Å². The van der Waals surface area contributed by atoms with Crippen LogP contribution in [0.15, 0.2) is 48.5 Å². The number of rotatable bonds is 5. The first kappa shape index (κ1) is 19.9. The number of amides is 2. The second-order valence-corrected chi connectivity index (χ2v) is 7.60. The summed E-state index contributed by atoms with van der Waals surface area (Å²) in [5.41, 5.74) is 4.19. The molecule has 2 amide bonds. The fraction of sp³-hybridized carbons (Fsp3) is 0.391. The van der Waals surface area contributed by atoms with Crippen molar-refractivity contribution in [1.29, 1.82) is 0 Å². The Bertz CT molecular complexity index is 805. The number of nitrogens with zero attached hydrogens (tertiary/aromatic N) is 3. The van der Waals surface area contributed by atoms with Gasteiger partial charge in [-0.15, -0.1) is 0 Å². The Labute approximate surface area is 167 Å². The van der Waals surface area contributed by atoms with Crippen LogP contribution in [0, 0.1) is 6.92 Å². The van der Waals surface area contributed by atoms with E-state index in [0.717, 1.165) is 12.1 Å². The molecule has 0 N–H and O–H groups in total. The molecule has 5 heteroatoms. The molecule has 0 radical (unpaired) electrons. The predicted molar refractivity (Wildman–Crippen MR) is 113 cm³/mol. The molecule has 1 aliphatic rings. The summed E-state index contributed by atoms with van der Waals surface area (Å²) in [7, 11) is 3.96. The van der Waals surface area contributed by atoms with Gasteiger partial charge in [0, 0.05) is 57.9 Å². The van der Waals surface area contributed by atoms with Gasteiger partial charge in [0.25, 0.3) is 5.91 Å². The summed E-state index contributed by atoms with van der Waals surface area (Å²) in [6, 6.07) is 16.0. The summed E-state index contributed by atoms with van der Waals surface area (Å²) in [5.74, 6) is 0.208. The summed E-state index contributed by atoms with van der Waals surface area (Å²) in [6.45, 7) is 4.45. The topological polar surface area (TPSA) is 43.9 Å². The van der Waals surface area contributed by atoms with Gasteiger partial charge in [-0.3, -0.25) is 9.59 Å². The number of hydrogen-bond acceptors (Lipinski definition) is 3. The highest BCUT2D eigenvalue weighted by molar-refractivity contribution is 5.94. The average molecular weight is 380 g/mol. The van der Waals surface area contributed by atoms with Crippen LogP contribution < -0.4 is 4.90 Å². The highest BCUT2D eigenvalue weighted by Gasteiger charge is 2.24. The first-order valence-electron chi connectivity index (χ1n) is 9.84. The predicted octanol–water partition coefficient (Wildman–Crippen LogP) is 2.98. The molecule has 1 heterocycles. The van der Waals surface area contributed by atoms with Gasteiger partial charge < -0.3 is 14.7 Å². The Morgan fingerprint density at radius 2 is 1.43 bits per heavy atom. The van der Waals surface area contributed by atoms with Crippen LogP contribution in [0.3, 0.4) is 0 Å². The molecule has 0 aliphatic carbocycles. The summed E-state index contributed by atoms with van der Waals surface area (Å²) in [6.07, 6.45) is 1.28. The molecule has 0 unspecified atom stereocenters. The lowest BCUT2D eigenvalue weighted by Crippen LogP contribution is -2.50. The fourth-order valence-corrected chi connectivity index (χ4v) is 3.41. The van der Waals surface area contributed by atoms with Crippen molar-refractivity contribution in [2.24, 2.45) is 0 Å². The van der Waals surface area contributed by atoms with Gasteiger partial charge in [0.05, 0.1) is 0 Å². The van der Waals surface area contributed by atoms with Gasteiger partial charge in [-0.1, -0.05) is 29.8 Å². The van der Waals surface area contributed by atoms with Crippen molar-refractivity contribution in [1.82, 2.24) is 9.80 Å². The smallest absolute Gasteiger partial charge is 0.253 e. The van der Waals surface area contributed by atoms with E-state index in [1.165, 1.54) is 11.1 Å². The molecular weight excluding hydrogens is 350 g/mol. The second kappa shape index (κ2) is 8.91. The van der Waals surface area contributed by atoms with Crippen LogP contribution in [0.1, 0.15) is 27.9 Å². The number of piperazine rings is 1. The SMILES string of the molecule is Cc1ccc(CCC(=O)N2CCN(C(=O)c3ccc(N(C)C)cc3)CC2)cc1. The minimum absolute atomic E-state index is 0.0389. The van der Waals surface area contributed by atoms with Crippen LogP contribution in [-0.2, 0) is 11.2 Å². The van der Waals surface area contributed by atoms with E-state index in [4.69, 9.17) is 0 Å². The first-order chi connectivity index (χ1) is 13.4. The van der Waals surface area contributed by atoms with Crippen LogP contribution in [0.2, 0.25) is 0 Å². The maximum absolute atomic E-state index is 12.7. The van der Waals surface area contributed by atoms with E-state index in [2.05, 4.69) is 31.2 Å². The lowest BCUT2D eigenvalue weighted by Gasteiger charge is -2.35. The molecule has 2 aromatic rings. The average Bonchev–Trinajstić information content (AvgIpc) is 2.73. The molecule has 28 heavy (non-hydrogen) atoms. The van der Waals surface area contributed by atoms with Gasteiger partial charge in [-0.25, -0.2) is 0 Å². The van der Waals surface area contributed by atoms with Gasteiger partial charge in [0.15, 0.2) is 0 Å². The number of benzene rings is 2. The summed E-state index contributed by atoms with van der Waals surface area (Å²) >= 11 is 0. The molecule has 0 atom stereocenters. The van der Waals surface area contributed by atoms with Crippen LogP contribution in [-0.4, -0.2) is 61.9 Å². The van der Waals surface area contributed by atoms with E-state index in [1.807, 2.05) is 53.1 Å². The van der Waals surface area contributed by atoms with Gasteiger partial charge in [-0.2, -0.15) is 0 Å². The minimum atomic E-state index is 0.0389. The van der Waals surface area contributed by atoms with Crippen molar-refractivity contribution in [3.8, 4) is 0 Å². The normalized spacial score (nSPS) is 14.1. The van der Waals surface area contributed by atoms with Crippen molar-refractivity contribution >= 4 is 17.5 Å². The highest BCUT2D eigenvalue weighted by Crippen LogP contribution is 2.15. The standard InChI is InChI=1S/C23H29N3O2/c1-18-4-6-19(7-5-18)8-13-22(27)25-14-16-26(17-15-25)23(28)20-9-11-21(12-10-20)24(2)3/h4-7,9-12H,8,13-17H2,1-3H3. The van der Waals surface area contributed by atoms with Crippen molar-refractivity contribution in [3.05, 3.63) is 65.2 Å². The van der Waals surface area contributed by atoms with E-state index < -0.39 is 0 Å². The number of aryl methyl sites for hydroxylation is 2. The quantitative estimate of drug-likeness (QED) is 0.802. The monoisotopic (exact) mass is 379 g/mol. The number of carbonyl (C=O) groups excluding carboxylic acids is 2. The largest absolute Gasteiger partial charge is 0.378 e. The molecule has 0 spiro atoms. The maximum Gasteiger partial charge on any atom is 0.253 e. The molecule has 0 aromatic heterocycles. The third-order valence-corrected chi connectivity index (χ3v) is 5.30. The third-order valence-electron chi connectivity index (χ3n) is 5.30. The summed E-state index contributed by atoms with van der Waals surface area (Å²) in [5, 5.41) is 0. The minimum Gasteiger partial charge on any atom is -0.378 e. The lowest BCUT2D eigenvalue weighted by molar-refractivity contribution is -0.132. The van der Waals surface area contributed by atoms with Crippen molar-refractivity contribution in [3.63, 3.8) is 0 Å². The molecule has 1 fully saturated rings. The Balaban J connectivity index is 1.48. The van der Waals surface area contributed by atoms with Crippen LogP contribution >= 0.6 is 0 Å². The van der Waals surface area contributed by atoms with E-state index in [0.29, 0.717) is 38.2 Å². The van der Waals surface area contributed by atoms with Gasteiger partial charge in [0.2, 0.25) is 5.91 Å². The maximum atomic E-state index is 12.7. The molecule has 148 valence electrons. The van der Waals surface area contributed by atoms with Gasteiger partial charge in [-0.05, 0) is 43.2 Å². The Morgan fingerprint density at radius 3 is 2.00 bits per heavy atom. The van der Waals surface area contributed by atoms with Gasteiger partial charge >= 0.3 is 0 Å². The van der Waals surface area contributed by atoms with Crippen LogP contribution in [0.5, 0.6) is 0 Å². The van der Waals surface area contributed by atoms with E-state index in [9.17, 15) is 9.59 Å². The molecule has 5 nitrogen and oxygen atoms in total. The van der Waals surface area contributed by atoms with Crippen molar-refractivity contribution in [2.45, 2.75) is 19.8 Å². The van der Waals surface area contributed by atoms with Crippen molar-refractivity contribution in [2.75, 3.05) is 45.2 Å². The zero-order chi connectivity index (χ0) is 20.1. The molecule has 1 aliphatic heterocycles. The molecule has 2 aromatic carbocycles. The fourth-order valence-electron chi connectivity index (χ4n) is 3.41. The molecule has 1 saturated heterocycles. The molecule has 3 rings (SSSR count). The van der Waals surface area contributed by atoms with Crippen LogP contribution in [0.4, 0.5) is 5.69 Å². The highest BCUT2D eigenvalue weighted by atomic mass is 16.2. The van der Waals surface area contributed by atoms with E-state index >= 15 is 0 Å². The number of carbonyl (C=O) groups is 2. The van der Waals surface area contributed by atoms with E-state index in [-0.39, 0.29) is 11.8 Å².